The van der Waals surface area contributed by atoms with Crippen LogP contribution in [0.25, 0.3) is 0 Å². The van der Waals surface area contributed by atoms with Crippen molar-refractivity contribution in [1.82, 2.24) is 0 Å². The number of nitrogens with two attached hydrogens (primary N) is 1. The van der Waals surface area contributed by atoms with Crippen LogP contribution in [0, 0.1) is 12.7 Å². The highest BCUT2D eigenvalue weighted by Crippen LogP contribution is 2.18. The van der Waals surface area contributed by atoms with Gasteiger partial charge in [0.1, 0.15) is 11.2 Å². The molecule has 0 radical (unpaired) electrons. The normalized spacial score (nSPS) is 14.0. The van der Waals surface area contributed by atoms with E-state index >= 15 is 0 Å². The summed E-state index contributed by atoms with van der Waals surface area (Å²) in [6, 6.07) is 3.53. The van der Waals surface area contributed by atoms with E-state index in [1.165, 1.54) is 19.1 Å². The van der Waals surface area contributed by atoms with E-state index in [-0.39, 0.29) is 4.90 Å². The van der Waals surface area contributed by atoms with Crippen molar-refractivity contribution in [2.45, 2.75) is 24.1 Å². The minimum Gasteiger partial charge on any atom is -0.315 e. The van der Waals surface area contributed by atoms with Gasteiger partial charge in [-0.2, -0.15) is 0 Å². The summed E-state index contributed by atoms with van der Waals surface area (Å²) in [5.74, 6) is -0.453. The molecule has 0 bridgehead atoms. The summed E-state index contributed by atoms with van der Waals surface area (Å²) >= 11 is 0. The van der Waals surface area contributed by atoms with Gasteiger partial charge in [0.15, 0.2) is 9.84 Å². The Bertz CT molecular complexity index is 440. The molecule has 1 rings (SSSR count). The maximum atomic E-state index is 12.7. The summed E-state index contributed by atoms with van der Waals surface area (Å²) in [6.07, 6.45) is 0. The van der Waals surface area contributed by atoms with Gasteiger partial charge in [-0.3, -0.25) is 0 Å². The van der Waals surface area contributed by atoms with Crippen LogP contribution in [0.3, 0.4) is 0 Å². The van der Waals surface area contributed by atoms with Gasteiger partial charge in [-0.15, -0.1) is 0 Å². The lowest BCUT2D eigenvalue weighted by atomic mass is 10.2. The average Bonchev–Trinajstić information content (AvgIpc) is 2.02. The van der Waals surface area contributed by atoms with Crippen LogP contribution in [0.4, 0.5) is 4.39 Å². The number of rotatable bonds is 2. The van der Waals surface area contributed by atoms with Crippen LogP contribution in [0.1, 0.15) is 12.5 Å². The van der Waals surface area contributed by atoms with E-state index in [1.807, 2.05) is 0 Å². The van der Waals surface area contributed by atoms with Crippen LogP contribution in [-0.4, -0.2) is 13.8 Å². The van der Waals surface area contributed by atoms with Crippen LogP contribution < -0.4 is 5.73 Å². The predicted octanol–water partition coefficient (Wildman–Crippen LogP) is 1.21. The lowest BCUT2D eigenvalue weighted by molar-refractivity contribution is 0.583. The Morgan fingerprint density at radius 3 is 2.43 bits per heavy atom. The number of benzene rings is 1. The van der Waals surface area contributed by atoms with Crippen molar-refractivity contribution in [2.24, 2.45) is 5.73 Å². The SMILES string of the molecule is Cc1cc(F)ccc1S(=O)(=O)C(C)N. The Morgan fingerprint density at radius 1 is 1.43 bits per heavy atom. The van der Waals surface area contributed by atoms with E-state index in [1.54, 1.807) is 6.92 Å². The van der Waals surface area contributed by atoms with Crippen molar-refractivity contribution in [3.63, 3.8) is 0 Å². The molecule has 0 aromatic heterocycles. The van der Waals surface area contributed by atoms with Crippen molar-refractivity contribution < 1.29 is 12.8 Å². The van der Waals surface area contributed by atoms with Gasteiger partial charge in [0.05, 0.1) is 4.90 Å². The maximum Gasteiger partial charge on any atom is 0.193 e. The van der Waals surface area contributed by atoms with Crippen molar-refractivity contribution in [1.29, 1.82) is 0 Å². The van der Waals surface area contributed by atoms with Crippen LogP contribution in [0.2, 0.25) is 0 Å². The van der Waals surface area contributed by atoms with Gasteiger partial charge in [-0.1, -0.05) is 0 Å². The summed E-state index contributed by atoms with van der Waals surface area (Å²) in [5.41, 5.74) is 5.70. The lowest BCUT2D eigenvalue weighted by Crippen LogP contribution is -2.27. The molecule has 1 aromatic carbocycles. The minimum atomic E-state index is -3.51. The highest BCUT2D eigenvalue weighted by atomic mass is 32.2. The molecule has 1 aromatic rings. The first-order chi connectivity index (χ1) is 6.35. The van der Waals surface area contributed by atoms with Crippen LogP contribution in [0.15, 0.2) is 23.1 Å². The minimum absolute atomic E-state index is 0.0916. The smallest absolute Gasteiger partial charge is 0.193 e. The third-order valence-electron chi connectivity index (χ3n) is 1.93. The Morgan fingerprint density at radius 2 is 2.00 bits per heavy atom. The number of halogens is 1. The zero-order valence-electron chi connectivity index (χ0n) is 7.99. The van der Waals surface area contributed by atoms with Gasteiger partial charge in [0.2, 0.25) is 0 Å². The van der Waals surface area contributed by atoms with Crippen LogP contribution in [0.5, 0.6) is 0 Å². The second-order valence-corrected chi connectivity index (χ2v) is 5.43. The second-order valence-electron chi connectivity index (χ2n) is 3.16. The van der Waals surface area contributed by atoms with Gasteiger partial charge in [0, 0.05) is 0 Å². The van der Waals surface area contributed by atoms with Crippen LogP contribution >= 0.6 is 0 Å². The number of aryl methyl sites for hydroxylation is 1. The van der Waals surface area contributed by atoms with E-state index in [4.69, 9.17) is 5.73 Å². The van der Waals surface area contributed by atoms with Crippen LogP contribution in [-0.2, 0) is 9.84 Å². The fraction of sp³-hybridized carbons (Fsp3) is 0.333. The molecule has 0 spiro atoms. The Labute approximate surface area is 82.7 Å². The third-order valence-corrected chi connectivity index (χ3v) is 3.98. The fourth-order valence-electron chi connectivity index (χ4n) is 1.13. The highest BCUT2D eigenvalue weighted by Gasteiger charge is 2.21. The molecule has 0 aliphatic rings. The quantitative estimate of drug-likeness (QED) is 0.757. The standard InChI is InChI=1S/C9H12FNO2S/c1-6-5-8(10)3-4-9(6)14(12,13)7(2)11/h3-5,7H,11H2,1-2H3. The van der Waals surface area contributed by atoms with Crippen molar-refractivity contribution in [2.75, 3.05) is 0 Å². The predicted molar refractivity (Wildman–Crippen MR) is 52.0 cm³/mol. The van der Waals surface area contributed by atoms with E-state index in [0.29, 0.717) is 5.56 Å². The molecule has 0 fully saturated rings. The second kappa shape index (κ2) is 3.67. The molecule has 2 N–H and O–H groups in total. The molecule has 1 atom stereocenters. The zero-order valence-corrected chi connectivity index (χ0v) is 8.81. The van der Waals surface area contributed by atoms with Gasteiger partial charge in [0.25, 0.3) is 0 Å². The first kappa shape index (κ1) is 11.1. The fourth-order valence-corrected chi connectivity index (χ4v) is 2.30. The van der Waals surface area contributed by atoms with E-state index in [9.17, 15) is 12.8 Å². The molecule has 0 saturated heterocycles. The topological polar surface area (TPSA) is 60.2 Å². The summed E-state index contributed by atoms with van der Waals surface area (Å²) in [5, 5.41) is -0.980. The van der Waals surface area contributed by atoms with E-state index < -0.39 is 21.0 Å². The van der Waals surface area contributed by atoms with Crippen molar-refractivity contribution >= 4 is 9.84 Å². The van der Waals surface area contributed by atoms with Gasteiger partial charge >= 0.3 is 0 Å². The maximum absolute atomic E-state index is 12.7. The number of hydrogen-bond acceptors (Lipinski definition) is 3. The molecule has 3 nitrogen and oxygen atoms in total. The first-order valence-electron chi connectivity index (χ1n) is 4.11. The molecule has 5 heteroatoms. The van der Waals surface area contributed by atoms with Crippen molar-refractivity contribution in [3.8, 4) is 0 Å². The van der Waals surface area contributed by atoms with E-state index in [2.05, 4.69) is 0 Å². The summed E-state index contributed by atoms with van der Waals surface area (Å²) in [4.78, 5) is 0.0916. The summed E-state index contributed by atoms with van der Waals surface area (Å²) in [6.45, 7) is 2.93. The zero-order chi connectivity index (χ0) is 10.9. The third kappa shape index (κ3) is 1.93. The average molecular weight is 217 g/mol. The molecule has 1 unspecified atom stereocenters. The summed E-state index contributed by atoms with van der Waals surface area (Å²) < 4.78 is 35.9. The summed E-state index contributed by atoms with van der Waals surface area (Å²) in [7, 11) is -3.51. The Kier molecular flexibility index (Phi) is 2.92. The number of hydrogen-bond donors (Lipinski definition) is 1. The molecule has 0 aliphatic carbocycles. The van der Waals surface area contributed by atoms with E-state index in [0.717, 1.165) is 6.07 Å². The Hall–Kier alpha value is -0.940. The Balaban J connectivity index is 3.35. The molecular weight excluding hydrogens is 205 g/mol. The highest BCUT2D eigenvalue weighted by molar-refractivity contribution is 7.92. The monoisotopic (exact) mass is 217 g/mol. The molecule has 14 heavy (non-hydrogen) atoms. The van der Waals surface area contributed by atoms with Gasteiger partial charge in [-0.25, -0.2) is 12.8 Å². The molecule has 0 aliphatic heterocycles. The molecule has 0 heterocycles. The van der Waals surface area contributed by atoms with Gasteiger partial charge < -0.3 is 5.73 Å². The largest absolute Gasteiger partial charge is 0.315 e. The molecule has 0 saturated carbocycles. The van der Waals surface area contributed by atoms with Crippen molar-refractivity contribution in [3.05, 3.63) is 29.6 Å². The number of sulfone groups is 1. The van der Waals surface area contributed by atoms with Gasteiger partial charge in [-0.05, 0) is 37.6 Å². The molecular formula is C9H12FNO2S. The lowest BCUT2D eigenvalue weighted by Gasteiger charge is -2.10. The first-order valence-corrected chi connectivity index (χ1v) is 5.66. The molecule has 78 valence electrons. The molecule has 0 amide bonds.